The van der Waals surface area contributed by atoms with Crippen LogP contribution < -0.4 is 10.5 Å². The van der Waals surface area contributed by atoms with Crippen LogP contribution in [0.15, 0.2) is 48.8 Å². The molecule has 0 aliphatic carbocycles. The van der Waals surface area contributed by atoms with E-state index in [1.807, 2.05) is 0 Å². The van der Waals surface area contributed by atoms with Gasteiger partial charge < -0.3 is 15.6 Å². The molecule has 29 heavy (non-hydrogen) atoms. The molecule has 4 N–H and O–H groups in total. The molecule has 0 aliphatic rings. The number of hydrogen-bond acceptors (Lipinski definition) is 8. The fourth-order valence-corrected chi connectivity index (χ4v) is 2.55. The van der Waals surface area contributed by atoms with Crippen molar-refractivity contribution < 1.29 is 14.2 Å². The van der Waals surface area contributed by atoms with E-state index >= 15 is 0 Å². The second kappa shape index (κ2) is 8.12. The van der Waals surface area contributed by atoms with E-state index < -0.39 is 11.9 Å². The molecule has 0 aliphatic heterocycles. The average Bonchev–Trinajstić information content (AvgIpc) is 3.42. The summed E-state index contributed by atoms with van der Waals surface area (Å²) in [5.41, 5.74) is 7.58. The molecule has 4 rings (SSSR count). The van der Waals surface area contributed by atoms with Crippen LogP contribution >= 0.6 is 0 Å². The van der Waals surface area contributed by atoms with Gasteiger partial charge in [-0.15, -0.1) is 10.2 Å². The predicted molar refractivity (Wildman–Crippen MR) is 100 cm³/mol. The van der Waals surface area contributed by atoms with E-state index in [-0.39, 0.29) is 19.0 Å². The summed E-state index contributed by atoms with van der Waals surface area (Å²) in [6.45, 7) is 0.0839. The molecule has 0 amide bonds. The molecule has 0 fully saturated rings. The largest absolute Gasteiger partial charge is 0.436 e. The van der Waals surface area contributed by atoms with Gasteiger partial charge in [-0.25, -0.2) is 9.37 Å². The molecule has 0 spiro atoms. The number of tetrazole rings is 1. The van der Waals surface area contributed by atoms with E-state index in [2.05, 4.69) is 30.6 Å². The lowest BCUT2D eigenvalue weighted by Gasteiger charge is -2.07. The van der Waals surface area contributed by atoms with Crippen LogP contribution in [-0.4, -0.2) is 53.1 Å². The highest BCUT2D eigenvalue weighted by Gasteiger charge is 2.12. The van der Waals surface area contributed by atoms with Gasteiger partial charge in [0.15, 0.2) is 5.82 Å². The maximum absolute atomic E-state index is 14.3. The molecule has 10 nitrogen and oxygen atoms in total. The van der Waals surface area contributed by atoms with Gasteiger partial charge in [0.2, 0.25) is 5.82 Å². The van der Waals surface area contributed by atoms with Gasteiger partial charge >= 0.3 is 0 Å². The van der Waals surface area contributed by atoms with Crippen LogP contribution in [-0.2, 0) is 6.54 Å². The van der Waals surface area contributed by atoms with E-state index in [9.17, 15) is 4.39 Å². The number of aromatic nitrogens is 7. The number of ether oxygens (including phenoxy) is 1. The molecule has 1 atom stereocenters. The number of nitrogens with two attached hydrogens (primary N) is 1. The first-order chi connectivity index (χ1) is 14.1. The van der Waals surface area contributed by atoms with Crippen molar-refractivity contribution in [3.8, 4) is 34.3 Å². The number of H-pyrrole nitrogens is 1. The molecule has 4 aromatic rings. The van der Waals surface area contributed by atoms with Gasteiger partial charge in [-0.3, -0.25) is 5.10 Å². The highest BCUT2D eigenvalue weighted by molar-refractivity contribution is 5.58. The van der Waals surface area contributed by atoms with Crippen molar-refractivity contribution in [2.24, 2.45) is 5.73 Å². The molecule has 0 bridgehead atoms. The van der Waals surface area contributed by atoms with Crippen molar-refractivity contribution in [2.75, 3.05) is 6.61 Å². The summed E-state index contributed by atoms with van der Waals surface area (Å²) in [7, 11) is 0. The normalized spacial score (nSPS) is 12.1. The van der Waals surface area contributed by atoms with E-state index in [1.54, 1.807) is 36.5 Å². The Kier molecular flexibility index (Phi) is 5.22. The van der Waals surface area contributed by atoms with Crippen LogP contribution in [0.1, 0.15) is 0 Å². The fourth-order valence-electron chi connectivity index (χ4n) is 2.55. The average molecular weight is 396 g/mol. The zero-order valence-corrected chi connectivity index (χ0v) is 15.1. The van der Waals surface area contributed by atoms with Gasteiger partial charge in [0.25, 0.3) is 5.88 Å². The number of aromatic amines is 1. The number of nitrogens with zero attached hydrogens (tertiary/aromatic N) is 6. The SMILES string of the molecule is N[C@H](CO)Cn1nnc(-c2ccc(Oc3ncc(-c4ccn[nH]4)cc3F)cc2)n1. The predicted octanol–water partition coefficient (Wildman–Crippen LogP) is 1.38. The minimum Gasteiger partial charge on any atom is -0.436 e. The smallest absolute Gasteiger partial charge is 0.255 e. The summed E-state index contributed by atoms with van der Waals surface area (Å²) in [4.78, 5) is 5.35. The van der Waals surface area contributed by atoms with E-state index in [4.69, 9.17) is 15.6 Å². The van der Waals surface area contributed by atoms with Crippen LogP contribution in [0, 0.1) is 5.82 Å². The molecule has 3 aromatic heterocycles. The Labute approximate surface area is 164 Å². The molecule has 0 unspecified atom stereocenters. The Balaban J connectivity index is 1.46. The first-order valence-corrected chi connectivity index (χ1v) is 8.70. The highest BCUT2D eigenvalue weighted by atomic mass is 19.1. The van der Waals surface area contributed by atoms with E-state index in [1.165, 1.54) is 17.1 Å². The Morgan fingerprint density at radius 3 is 2.72 bits per heavy atom. The summed E-state index contributed by atoms with van der Waals surface area (Å²) in [6.07, 6.45) is 3.08. The fraction of sp³-hybridized carbons (Fsp3) is 0.167. The first kappa shape index (κ1) is 18.7. The van der Waals surface area contributed by atoms with Crippen molar-refractivity contribution in [1.29, 1.82) is 0 Å². The minimum atomic E-state index is -0.592. The zero-order valence-electron chi connectivity index (χ0n) is 15.1. The van der Waals surface area contributed by atoms with Crippen LogP contribution in [0.25, 0.3) is 22.6 Å². The number of rotatable bonds is 7. The zero-order chi connectivity index (χ0) is 20.2. The van der Waals surface area contributed by atoms with Crippen molar-refractivity contribution in [3.05, 3.63) is 54.6 Å². The number of halogens is 1. The third kappa shape index (κ3) is 4.25. The van der Waals surface area contributed by atoms with Gasteiger partial charge in [0.1, 0.15) is 5.75 Å². The van der Waals surface area contributed by atoms with Crippen LogP contribution in [0.4, 0.5) is 4.39 Å². The molecule has 11 heteroatoms. The molecule has 0 radical (unpaired) electrons. The lowest BCUT2D eigenvalue weighted by Crippen LogP contribution is -2.30. The Morgan fingerprint density at radius 2 is 2.03 bits per heavy atom. The van der Waals surface area contributed by atoms with Gasteiger partial charge in [-0.2, -0.15) is 9.90 Å². The molecule has 3 heterocycles. The van der Waals surface area contributed by atoms with Gasteiger partial charge in [-0.1, -0.05) is 0 Å². The second-order valence-electron chi connectivity index (χ2n) is 6.22. The monoisotopic (exact) mass is 396 g/mol. The van der Waals surface area contributed by atoms with Gasteiger partial charge in [0.05, 0.1) is 18.8 Å². The van der Waals surface area contributed by atoms with Gasteiger partial charge in [-0.05, 0) is 41.6 Å². The minimum absolute atomic E-state index is 0.136. The maximum Gasteiger partial charge on any atom is 0.255 e. The number of pyridine rings is 1. The maximum atomic E-state index is 14.3. The van der Waals surface area contributed by atoms with Gasteiger partial charge in [0, 0.05) is 29.6 Å². The third-order valence-electron chi connectivity index (χ3n) is 4.03. The van der Waals surface area contributed by atoms with Crippen molar-refractivity contribution >= 4 is 0 Å². The Morgan fingerprint density at radius 1 is 1.21 bits per heavy atom. The number of nitrogens with one attached hydrogen (secondary N) is 1. The number of aliphatic hydroxyl groups excluding tert-OH is 1. The second-order valence-corrected chi connectivity index (χ2v) is 6.22. The topological polar surface area (TPSA) is 141 Å². The summed E-state index contributed by atoms with van der Waals surface area (Å²) in [5, 5.41) is 27.6. The molecule has 0 saturated carbocycles. The molecule has 1 aromatic carbocycles. The quantitative estimate of drug-likeness (QED) is 0.425. The Hall–Kier alpha value is -3.70. The van der Waals surface area contributed by atoms with Crippen LogP contribution in [0.5, 0.6) is 11.6 Å². The molecule has 0 saturated heterocycles. The standard InChI is InChI=1S/C18H17FN8O2/c19-15-7-12(16-5-6-22-23-16)8-21-18(15)29-14-3-1-11(2-4-14)17-24-26-27(25-17)9-13(20)10-28/h1-8,13,28H,9-10,20H2,(H,22,23)/t13-/m0/s1. The summed E-state index contributed by atoms with van der Waals surface area (Å²) in [5.74, 6) is 0.0770. The molecular weight excluding hydrogens is 379 g/mol. The van der Waals surface area contributed by atoms with E-state index in [0.717, 1.165) is 0 Å². The number of aliphatic hydroxyl groups is 1. The van der Waals surface area contributed by atoms with Crippen molar-refractivity contribution in [3.63, 3.8) is 0 Å². The van der Waals surface area contributed by atoms with Crippen molar-refractivity contribution in [2.45, 2.75) is 12.6 Å². The highest BCUT2D eigenvalue weighted by Crippen LogP contribution is 2.27. The number of benzene rings is 1. The summed E-state index contributed by atoms with van der Waals surface area (Å²) >= 11 is 0. The van der Waals surface area contributed by atoms with Crippen LogP contribution in [0.3, 0.4) is 0 Å². The third-order valence-corrected chi connectivity index (χ3v) is 4.03. The lowest BCUT2D eigenvalue weighted by molar-refractivity contribution is 0.245. The molecule has 148 valence electrons. The van der Waals surface area contributed by atoms with Crippen molar-refractivity contribution in [1.82, 2.24) is 35.4 Å². The summed E-state index contributed by atoms with van der Waals surface area (Å²) in [6, 6.07) is 9.33. The van der Waals surface area contributed by atoms with Crippen LogP contribution in [0.2, 0.25) is 0 Å². The number of hydrogen-bond donors (Lipinski definition) is 3. The first-order valence-electron chi connectivity index (χ1n) is 8.70. The summed E-state index contributed by atoms with van der Waals surface area (Å²) < 4.78 is 19.9. The van der Waals surface area contributed by atoms with E-state index in [0.29, 0.717) is 28.4 Å². The molecular formula is C18H17FN8O2. The lowest BCUT2D eigenvalue weighted by atomic mass is 10.2. The Bertz CT molecular complexity index is 1080.